The Balaban J connectivity index is 2.34. The fraction of sp³-hybridized carbons (Fsp3) is 0.143. The topological polar surface area (TPSA) is 48.3 Å². The standard InChI is InChI=1S/C14H13NO3/c1-15-8-10(9-16)7-13(15)14(17)11-3-5-12(18-2)6-4-11/h3-9H,1-2H3. The van der Waals surface area contributed by atoms with Crippen LogP contribution in [0.25, 0.3) is 0 Å². The van der Waals surface area contributed by atoms with E-state index >= 15 is 0 Å². The number of hydrogen-bond donors (Lipinski definition) is 0. The second-order valence-corrected chi connectivity index (χ2v) is 3.95. The van der Waals surface area contributed by atoms with Crippen molar-refractivity contribution in [1.82, 2.24) is 4.57 Å². The lowest BCUT2D eigenvalue weighted by atomic mass is 10.1. The molecule has 18 heavy (non-hydrogen) atoms. The second-order valence-electron chi connectivity index (χ2n) is 3.95. The Morgan fingerprint density at radius 3 is 2.44 bits per heavy atom. The summed E-state index contributed by atoms with van der Waals surface area (Å²) in [5, 5.41) is 0. The minimum absolute atomic E-state index is 0.117. The molecule has 0 bridgehead atoms. The molecule has 4 heteroatoms. The number of aldehydes is 1. The number of aromatic nitrogens is 1. The highest BCUT2D eigenvalue weighted by Crippen LogP contribution is 2.16. The van der Waals surface area contributed by atoms with Crippen molar-refractivity contribution in [2.24, 2.45) is 7.05 Å². The van der Waals surface area contributed by atoms with Crippen molar-refractivity contribution in [3.05, 3.63) is 53.3 Å². The molecule has 2 aromatic rings. The van der Waals surface area contributed by atoms with E-state index in [9.17, 15) is 9.59 Å². The zero-order valence-electron chi connectivity index (χ0n) is 10.2. The van der Waals surface area contributed by atoms with Gasteiger partial charge in [-0.1, -0.05) is 0 Å². The van der Waals surface area contributed by atoms with Crippen molar-refractivity contribution in [2.75, 3.05) is 7.11 Å². The summed E-state index contributed by atoms with van der Waals surface area (Å²) in [4.78, 5) is 22.9. The van der Waals surface area contributed by atoms with E-state index in [4.69, 9.17) is 4.74 Å². The number of carbonyl (C=O) groups is 2. The molecule has 1 heterocycles. The van der Waals surface area contributed by atoms with E-state index < -0.39 is 0 Å². The second kappa shape index (κ2) is 4.87. The first-order valence-electron chi connectivity index (χ1n) is 5.46. The van der Waals surface area contributed by atoms with Crippen LogP contribution in [0.15, 0.2) is 36.5 Å². The molecule has 4 nitrogen and oxygen atoms in total. The lowest BCUT2D eigenvalue weighted by Gasteiger charge is -2.04. The Morgan fingerprint density at radius 2 is 1.94 bits per heavy atom. The van der Waals surface area contributed by atoms with Gasteiger partial charge >= 0.3 is 0 Å². The Kier molecular flexibility index (Phi) is 3.28. The van der Waals surface area contributed by atoms with Crippen molar-refractivity contribution in [2.45, 2.75) is 0 Å². The molecule has 0 aliphatic carbocycles. The molecule has 0 saturated carbocycles. The fourth-order valence-electron chi connectivity index (χ4n) is 1.77. The lowest BCUT2D eigenvalue weighted by Crippen LogP contribution is -2.06. The number of ketones is 1. The molecule has 0 amide bonds. The summed E-state index contributed by atoms with van der Waals surface area (Å²) in [5.41, 5.74) is 1.55. The zero-order valence-corrected chi connectivity index (χ0v) is 10.2. The monoisotopic (exact) mass is 243 g/mol. The van der Waals surface area contributed by atoms with Crippen molar-refractivity contribution in [1.29, 1.82) is 0 Å². The van der Waals surface area contributed by atoms with Gasteiger partial charge in [-0.3, -0.25) is 9.59 Å². The lowest BCUT2D eigenvalue weighted by molar-refractivity contribution is 0.103. The average Bonchev–Trinajstić information content (AvgIpc) is 2.79. The Labute approximate surface area is 105 Å². The van der Waals surface area contributed by atoms with Gasteiger partial charge in [0.15, 0.2) is 6.29 Å². The molecular weight excluding hydrogens is 230 g/mol. The highest BCUT2D eigenvalue weighted by Gasteiger charge is 2.13. The number of aryl methyl sites for hydroxylation is 1. The number of carbonyl (C=O) groups excluding carboxylic acids is 2. The van der Waals surface area contributed by atoms with E-state index in [0.29, 0.717) is 22.6 Å². The first-order chi connectivity index (χ1) is 8.65. The minimum Gasteiger partial charge on any atom is -0.497 e. The maximum Gasteiger partial charge on any atom is 0.209 e. The summed E-state index contributed by atoms with van der Waals surface area (Å²) < 4.78 is 6.69. The van der Waals surface area contributed by atoms with Crippen LogP contribution in [-0.4, -0.2) is 23.7 Å². The van der Waals surface area contributed by atoms with Crippen molar-refractivity contribution in [3.8, 4) is 5.75 Å². The van der Waals surface area contributed by atoms with Gasteiger partial charge in [-0.25, -0.2) is 0 Å². The predicted octanol–water partition coefficient (Wildman–Crippen LogP) is 2.08. The molecule has 0 spiro atoms. The SMILES string of the molecule is COc1ccc(C(=O)c2cc(C=O)cn2C)cc1. The van der Waals surface area contributed by atoms with Crippen LogP contribution in [0.5, 0.6) is 5.75 Å². The number of benzene rings is 1. The van der Waals surface area contributed by atoms with Gasteiger partial charge in [0, 0.05) is 24.4 Å². The normalized spacial score (nSPS) is 10.1. The van der Waals surface area contributed by atoms with E-state index in [1.807, 2.05) is 0 Å². The van der Waals surface area contributed by atoms with Crippen LogP contribution in [0.4, 0.5) is 0 Å². The third-order valence-electron chi connectivity index (χ3n) is 2.75. The third kappa shape index (κ3) is 2.18. The maximum atomic E-state index is 12.2. The quantitative estimate of drug-likeness (QED) is 0.610. The van der Waals surface area contributed by atoms with Crippen molar-refractivity contribution >= 4 is 12.1 Å². The third-order valence-corrected chi connectivity index (χ3v) is 2.75. The number of ether oxygens (including phenoxy) is 1. The molecule has 1 aromatic carbocycles. The molecular formula is C14H13NO3. The van der Waals surface area contributed by atoms with Crippen LogP contribution in [0.3, 0.4) is 0 Å². The Bertz CT molecular complexity index is 582. The van der Waals surface area contributed by atoms with E-state index in [1.54, 1.807) is 55.3 Å². The van der Waals surface area contributed by atoms with E-state index in [0.717, 1.165) is 6.29 Å². The van der Waals surface area contributed by atoms with Gasteiger partial charge in [-0.2, -0.15) is 0 Å². The molecule has 0 fully saturated rings. The molecule has 2 rings (SSSR count). The fourth-order valence-corrected chi connectivity index (χ4v) is 1.77. The predicted molar refractivity (Wildman–Crippen MR) is 67.2 cm³/mol. The van der Waals surface area contributed by atoms with Gasteiger partial charge < -0.3 is 9.30 Å². The first-order valence-corrected chi connectivity index (χ1v) is 5.46. The van der Waals surface area contributed by atoms with Crippen LogP contribution in [-0.2, 0) is 7.05 Å². The van der Waals surface area contributed by atoms with Gasteiger partial charge in [-0.15, -0.1) is 0 Å². The maximum absolute atomic E-state index is 12.2. The molecule has 0 aliphatic rings. The first kappa shape index (κ1) is 12.1. The molecule has 0 aliphatic heterocycles. The number of methoxy groups -OCH3 is 1. The average molecular weight is 243 g/mol. The van der Waals surface area contributed by atoms with Gasteiger partial charge in [0.1, 0.15) is 5.75 Å². The van der Waals surface area contributed by atoms with Gasteiger partial charge in [0.2, 0.25) is 5.78 Å². The molecule has 0 N–H and O–H groups in total. The molecule has 0 unspecified atom stereocenters. The van der Waals surface area contributed by atoms with E-state index in [1.165, 1.54) is 0 Å². The minimum atomic E-state index is -0.117. The van der Waals surface area contributed by atoms with Crippen LogP contribution in [0, 0.1) is 0 Å². The molecule has 0 atom stereocenters. The summed E-state index contributed by atoms with van der Waals surface area (Å²) in [5.74, 6) is 0.584. The highest BCUT2D eigenvalue weighted by atomic mass is 16.5. The summed E-state index contributed by atoms with van der Waals surface area (Å²) >= 11 is 0. The molecule has 0 saturated heterocycles. The smallest absolute Gasteiger partial charge is 0.209 e. The highest BCUT2D eigenvalue weighted by molar-refractivity contribution is 6.08. The van der Waals surface area contributed by atoms with E-state index in [2.05, 4.69) is 0 Å². The largest absolute Gasteiger partial charge is 0.497 e. The van der Waals surface area contributed by atoms with Crippen LogP contribution in [0.2, 0.25) is 0 Å². The number of nitrogens with zero attached hydrogens (tertiary/aromatic N) is 1. The molecule has 0 radical (unpaired) electrons. The van der Waals surface area contributed by atoms with E-state index in [-0.39, 0.29) is 5.78 Å². The summed E-state index contributed by atoms with van der Waals surface area (Å²) in [7, 11) is 3.31. The Hall–Kier alpha value is -2.36. The summed E-state index contributed by atoms with van der Waals surface area (Å²) in [6.07, 6.45) is 2.36. The van der Waals surface area contributed by atoms with Crippen LogP contribution in [0.1, 0.15) is 26.4 Å². The van der Waals surface area contributed by atoms with Gasteiger partial charge in [0.05, 0.1) is 12.8 Å². The van der Waals surface area contributed by atoms with Gasteiger partial charge in [-0.05, 0) is 30.3 Å². The van der Waals surface area contributed by atoms with Gasteiger partial charge in [0.25, 0.3) is 0 Å². The number of rotatable bonds is 4. The molecule has 1 aromatic heterocycles. The van der Waals surface area contributed by atoms with Crippen molar-refractivity contribution in [3.63, 3.8) is 0 Å². The van der Waals surface area contributed by atoms with Crippen LogP contribution < -0.4 is 4.74 Å². The summed E-state index contributed by atoms with van der Waals surface area (Å²) in [6.45, 7) is 0. The Morgan fingerprint density at radius 1 is 1.28 bits per heavy atom. The van der Waals surface area contributed by atoms with Crippen molar-refractivity contribution < 1.29 is 14.3 Å². The zero-order chi connectivity index (χ0) is 13.1. The number of hydrogen-bond acceptors (Lipinski definition) is 3. The van der Waals surface area contributed by atoms with Crippen LogP contribution >= 0.6 is 0 Å². The summed E-state index contributed by atoms with van der Waals surface area (Å²) in [6, 6.07) is 8.46. The molecule has 92 valence electrons.